The summed E-state index contributed by atoms with van der Waals surface area (Å²) >= 11 is 0. The fourth-order valence-electron chi connectivity index (χ4n) is 1.56. The SMILES string of the molecule is Cc1nccc(CNc2ccccc2C)n1. The molecule has 2 aromatic rings. The van der Waals surface area contributed by atoms with E-state index in [-0.39, 0.29) is 0 Å². The number of anilines is 1. The highest BCUT2D eigenvalue weighted by molar-refractivity contribution is 5.50. The molecule has 0 spiro atoms. The number of nitrogens with one attached hydrogen (secondary N) is 1. The minimum Gasteiger partial charge on any atom is -0.379 e. The van der Waals surface area contributed by atoms with Crippen LogP contribution in [0.4, 0.5) is 5.69 Å². The molecule has 1 heterocycles. The van der Waals surface area contributed by atoms with E-state index in [1.165, 1.54) is 5.56 Å². The van der Waals surface area contributed by atoms with E-state index in [0.29, 0.717) is 0 Å². The van der Waals surface area contributed by atoms with E-state index in [0.717, 1.165) is 23.8 Å². The fourth-order valence-corrected chi connectivity index (χ4v) is 1.56. The van der Waals surface area contributed by atoms with Crippen LogP contribution in [-0.2, 0) is 6.54 Å². The Balaban J connectivity index is 2.05. The molecule has 1 aromatic carbocycles. The molecule has 0 saturated carbocycles. The zero-order valence-electron chi connectivity index (χ0n) is 9.57. The minimum atomic E-state index is 0.730. The average Bonchev–Trinajstić information content (AvgIpc) is 2.28. The van der Waals surface area contributed by atoms with Crippen molar-refractivity contribution in [3.8, 4) is 0 Å². The smallest absolute Gasteiger partial charge is 0.125 e. The average molecular weight is 213 g/mol. The number of aryl methyl sites for hydroxylation is 2. The first-order valence-corrected chi connectivity index (χ1v) is 5.34. The van der Waals surface area contributed by atoms with E-state index in [4.69, 9.17) is 0 Å². The molecular weight excluding hydrogens is 198 g/mol. The van der Waals surface area contributed by atoms with Gasteiger partial charge >= 0.3 is 0 Å². The number of hydrogen-bond acceptors (Lipinski definition) is 3. The molecule has 3 heteroatoms. The van der Waals surface area contributed by atoms with Crippen LogP contribution in [-0.4, -0.2) is 9.97 Å². The van der Waals surface area contributed by atoms with Gasteiger partial charge < -0.3 is 5.32 Å². The van der Waals surface area contributed by atoms with Gasteiger partial charge in [0.05, 0.1) is 12.2 Å². The van der Waals surface area contributed by atoms with Gasteiger partial charge in [-0.25, -0.2) is 9.97 Å². The van der Waals surface area contributed by atoms with Crippen molar-refractivity contribution in [2.45, 2.75) is 20.4 Å². The first-order valence-electron chi connectivity index (χ1n) is 5.34. The standard InChI is InChI=1S/C13H15N3/c1-10-5-3-4-6-13(10)15-9-12-7-8-14-11(2)16-12/h3-8,15H,9H2,1-2H3. The summed E-state index contributed by atoms with van der Waals surface area (Å²) in [7, 11) is 0. The van der Waals surface area contributed by atoms with Crippen molar-refractivity contribution in [2.75, 3.05) is 5.32 Å². The zero-order chi connectivity index (χ0) is 11.4. The lowest BCUT2D eigenvalue weighted by Gasteiger charge is -2.08. The van der Waals surface area contributed by atoms with Crippen molar-refractivity contribution in [1.82, 2.24) is 9.97 Å². The largest absolute Gasteiger partial charge is 0.379 e. The Kier molecular flexibility index (Phi) is 3.15. The van der Waals surface area contributed by atoms with Gasteiger partial charge in [0.1, 0.15) is 5.82 Å². The van der Waals surface area contributed by atoms with Gasteiger partial charge in [0, 0.05) is 11.9 Å². The van der Waals surface area contributed by atoms with Gasteiger partial charge in [-0.2, -0.15) is 0 Å². The molecule has 0 unspecified atom stereocenters. The van der Waals surface area contributed by atoms with Crippen molar-refractivity contribution in [3.63, 3.8) is 0 Å². The van der Waals surface area contributed by atoms with E-state index >= 15 is 0 Å². The molecular formula is C13H15N3. The Labute approximate surface area is 95.6 Å². The van der Waals surface area contributed by atoms with Crippen LogP contribution in [0.25, 0.3) is 0 Å². The predicted molar refractivity (Wildman–Crippen MR) is 65.3 cm³/mol. The first-order chi connectivity index (χ1) is 7.75. The lowest BCUT2D eigenvalue weighted by atomic mass is 10.2. The summed E-state index contributed by atoms with van der Waals surface area (Å²) in [6, 6.07) is 10.2. The highest BCUT2D eigenvalue weighted by atomic mass is 14.9. The van der Waals surface area contributed by atoms with Crippen molar-refractivity contribution >= 4 is 5.69 Å². The predicted octanol–water partition coefficient (Wildman–Crippen LogP) is 2.71. The summed E-state index contributed by atoms with van der Waals surface area (Å²) in [5.74, 6) is 0.809. The van der Waals surface area contributed by atoms with Gasteiger partial charge in [-0.05, 0) is 31.5 Å². The number of rotatable bonds is 3. The highest BCUT2D eigenvalue weighted by Crippen LogP contribution is 2.13. The molecule has 0 atom stereocenters. The molecule has 1 aromatic heterocycles. The van der Waals surface area contributed by atoms with Crippen LogP contribution in [0.3, 0.4) is 0 Å². The molecule has 0 fully saturated rings. The van der Waals surface area contributed by atoms with E-state index in [9.17, 15) is 0 Å². The molecule has 0 aliphatic carbocycles. The molecule has 3 nitrogen and oxygen atoms in total. The summed E-state index contributed by atoms with van der Waals surface area (Å²) in [4.78, 5) is 8.42. The Hall–Kier alpha value is -1.90. The molecule has 16 heavy (non-hydrogen) atoms. The van der Waals surface area contributed by atoms with Gasteiger partial charge in [-0.15, -0.1) is 0 Å². The third-order valence-corrected chi connectivity index (χ3v) is 2.44. The summed E-state index contributed by atoms with van der Waals surface area (Å²) in [6.07, 6.45) is 1.79. The van der Waals surface area contributed by atoms with Crippen LogP contribution in [0.15, 0.2) is 36.5 Å². The number of aromatic nitrogens is 2. The maximum atomic E-state index is 4.34. The Bertz CT molecular complexity index is 480. The molecule has 0 radical (unpaired) electrons. The Morgan fingerprint density at radius 3 is 2.69 bits per heavy atom. The highest BCUT2D eigenvalue weighted by Gasteiger charge is 1.98. The maximum Gasteiger partial charge on any atom is 0.125 e. The van der Waals surface area contributed by atoms with E-state index < -0.39 is 0 Å². The number of para-hydroxylation sites is 1. The lowest BCUT2D eigenvalue weighted by molar-refractivity contribution is 0.954. The molecule has 0 aliphatic rings. The third-order valence-electron chi connectivity index (χ3n) is 2.44. The van der Waals surface area contributed by atoms with E-state index in [1.54, 1.807) is 6.20 Å². The second kappa shape index (κ2) is 4.75. The van der Waals surface area contributed by atoms with Gasteiger partial charge in [-0.3, -0.25) is 0 Å². The molecule has 1 N–H and O–H groups in total. The maximum absolute atomic E-state index is 4.34. The monoisotopic (exact) mass is 213 g/mol. The van der Waals surface area contributed by atoms with Gasteiger partial charge in [-0.1, -0.05) is 18.2 Å². The van der Waals surface area contributed by atoms with Crippen molar-refractivity contribution in [1.29, 1.82) is 0 Å². The number of nitrogens with zero attached hydrogens (tertiary/aromatic N) is 2. The van der Waals surface area contributed by atoms with Crippen molar-refractivity contribution in [3.05, 3.63) is 53.6 Å². The van der Waals surface area contributed by atoms with Crippen LogP contribution >= 0.6 is 0 Å². The molecule has 0 bridgehead atoms. The van der Waals surface area contributed by atoms with Crippen molar-refractivity contribution in [2.24, 2.45) is 0 Å². The second-order valence-corrected chi connectivity index (χ2v) is 3.76. The fraction of sp³-hybridized carbons (Fsp3) is 0.231. The molecule has 82 valence electrons. The summed E-state index contributed by atoms with van der Waals surface area (Å²) in [5, 5.41) is 3.37. The quantitative estimate of drug-likeness (QED) is 0.851. The molecule has 0 saturated heterocycles. The Morgan fingerprint density at radius 1 is 1.12 bits per heavy atom. The number of benzene rings is 1. The summed E-state index contributed by atoms with van der Waals surface area (Å²) in [5.41, 5.74) is 3.41. The van der Waals surface area contributed by atoms with Crippen LogP contribution < -0.4 is 5.32 Å². The zero-order valence-corrected chi connectivity index (χ0v) is 9.57. The first kappa shape index (κ1) is 10.6. The van der Waals surface area contributed by atoms with E-state index in [2.05, 4.69) is 34.3 Å². The second-order valence-electron chi connectivity index (χ2n) is 3.76. The van der Waals surface area contributed by atoms with Gasteiger partial charge in [0.15, 0.2) is 0 Å². The topological polar surface area (TPSA) is 37.8 Å². The normalized spacial score (nSPS) is 10.1. The summed E-state index contributed by atoms with van der Waals surface area (Å²) in [6.45, 7) is 4.72. The van der Waals surface area contributed by atoms with Crippen LogP contribution in [0.5, 0.6) is 0 Å². The van der Waals surface area contributed by atoms with Gasteiger partial charge in [0.25, 0.3) is 0 Å². The van der Waals surface area contributed by atoms with Crippen LogP contribution in [0, 0.1) is 13.8 Å². The Morgan fingerprint density at radius 2 is 1.94 bits per heavy atom. The van der Waals surface area contributed by atoms with Crippen LogP contribution in [0.2, 0.25) is 0 Å². The van der Waals surface area contributed by atoms with Crippen LogP contribution in [0.1, 0.15) is 17.1 Å². The minimum absolute atomic E-state index is 0.730. The molecule has 0 aliphatic heterocycles. The number of hydrogen-bond donors (Lipinski definition) is 1. The lowest BCUT2D eigenvalue weighted by Crippen LogP contribution is -2.04. The molecule has 0 amide bonds. The van der Waals surface area contributed by atoms with E-state index in [1.807, 2.05) is 25.1 Å². The van der Waals surface area contributed by atoms with Crippen molar-refractivity contribution < 1.29 is 0 Å². The summed E-state index contributed by atoms with van der Waals surface area (Å²) < 4.78 is 0. The molecule has 2 rings (SSSR count). The van der Waals surface area contributed by atoms with Gasteiger partial charge in [0.2, 0.25) is 0 Å². The third kappa shape index (κ3) is 2.57.